The first-order valence-electron chi connectivity index (χ1n) is 6.53. The smallest absolute Gasteiger partial charge is 0.323 e. The molecule has 3 N–H and O–H groups in total. The number of carboxylic acid groups (broad SMARTS) is 1. The van der Waals surface area contributed by atoms with E-state index < -0.39 is 11.5 Å². The zero-order chi connectivity index (χ0) is 12.4. The molecule has 0 aliphatic rings. The SMILES string of the molecule is CCCCCCCCCCC(C)(N)C(=O)O. The Bertz CT molecular complexity index is 190. The Labute approximate surface area is 99.4 Å². The summed E-state index contributed by atoms with van der Waals surface area (Å²) in [4.78, 5) is 10.7. The van der Waals surface area contributed by atoms with Crippen LogP contribution in [-0.4, -0.2) is 16.6 Å². The van der Waals surface area contributed by atoms with Crippen molar-refractivity contribution in [1.82, 2.24) is 0 Å². The van der Waals surface area contributed by atoms with E-state index in [0.717, 1.165) is 12.8 Å². The number of hydrogen-bond donors (Lipinski definition) is 2. The Balaban J connectivity index is 3.30. The minimum absolute atomic E-state index is 0.581. The Hall–Kier alpha value is -0.570. The summed E-state index contributed by atoms with van der Waals surface area (Å²) in [5.41, 5.74) is 4.60. The predicted octanol–water partition coefficient (Wildman–Crippen LogP) is 3.32. The number of unbranched alkanes of at least 4 members (excludes halogenated alkanes) is 7. The number of carbonyl (C=O) groups is 1. The molecule has 0 rings (SSSR count). The standard InChI is InChI=1S/C13H27NO2/c1-3-4-5-6-7-8-9-10-11-13(2,14)12(15)16/h3-11,14H2,1-2H3,(H,15,16). The van der Waals surface area contributed by atoms with Crippen molar-refractivity contribution in [3.05, 3.63) is 0 Å². The molecule has 0 saturated carbocycles. The molecule has 0 aromatic heterocycles. The molecule has 16 heavy (non-hydrogen) atoms. The van der Waals surface area contributed by atoms with Gasteiger partial charge in [0.15, 0.2) is 0 Å². The lowest BCUT2D eigenvalue weighted by Crippen LogP contribution is -2.44. The van der Waals surface area contributed by atoms with Crippen LogP contribution in [0.3, 0.4) is 0 Å². The van der Waals surface area contributed by atoms with Crippen molar-refractivity contribution in [2.75, 3.05) is 0 Å². The highest BCUT2D eigenvalue weighted by Gasteiger charge is 2.26. The third-order valence-electron chi connectivity index (χ3n) is 3.04. The van der Waals surface area contributed by atoms with Gasteiger partial charge < -0.3 is 10.8 Å². The number of aliphatic carboxylic acids is 1. The van der Waals surface area contributed by atoms with Crippen LogP contribution >= 0.6 is 0 Å². The molecule has 0 amide bonds. The van der Waals surface area contributed by atoms with Crippen LogP contribution in [0.1, 0.15) is 71.6 Å². The molecule has 0 aliphatic heterocycles. The van der Waals surface area contributed by atoms with Crippen molar-refractivity contribution in [2.24, 2.45) is 5.73 Å². The van der Waals surface area contributed by atoms with Crippen molar-refractivity contribution in [3.63, 3.8) is 0 Å². The van der Waals surface area contributed by atoms with Gasteiger partial charge in [-0.3, -0.25) is 4.79 Å². The summed E-state index contributed by atoms with van der Waals surface area (Å²) in [6.07, 6.45) is 10.3. The molecule has 3 nitrogen and oxygen atoms in total. The van der Waals surface area contributed by atoms with Gasteiger partial charge in [0, 0.05) is 0 Å². The normalized spacial score (nSPS) is 14.7. The Kier molecular flexibility index (Phi) is 8.26. The van der Waals surface area contributed by atoms with Crippen LogP contribution in [0.5, 0.6) is 0 Å². The number of rotatable bonds is 10. The molecule has 0 spiro atoms. The molecule has 0 aliphatic carbocycles. The lowest BCUT2D eigenvalue weighted by Gasteiger charge is -2.18. The van der Waals surface area contributed by atoms with E-state index in [1.807, 2.05) is 0 Å². The quantitative estimate of drug-likeness (QED) is 0.565. The second kappa shape index (κ2) is 8.57. The molecule has 0 saturated heterocycles. The average molecular weight is 229 g/mol. The van der Waals surface area contributed by atoms with Gasteiger partial charge in [-0.25, -0.2) is 0 Å². The van der Waals surface area contributed by atoms with Crippen molar-refractivity contribution in [3.8, 4) is 0 Å². The van der Waals surface area contributed by atoms with Gasteiger partial charge in [0.25, 0.3) is 0 Å². The molecule has 96 valence electrons. The van der Waals surface area contributed by atoms with Gasteiger partial charge in [0.05, 0.1) is 0 Å². The van der Waals surface area contributed by atoms with Gasteiger partial charge in [0.1, 0.15) is 5.54 Å². The molecule has 3 heteroatoms. The molecular formula is C13H27NO2. The Morgan fingerprint density at radius 1 is 1.06 bits per heavy atom. The van der Waals surface area contributed by atoms with Crippen molar-refractivity contribution in [1.29, 1.82) is 0 Å². The fourth-order valence-electron chi connectivity index (χ4n) is 1.73. The number of nitrogens with two attached hydrogens (primary N) is 1. The molecule has 0 aromatic rings. The van der Waals surface area contributed by atoms with Gasteiger partial charge in [-0.2, -0.15) is 0 Å². The lowest BCUT2D eigenvalue weighted by atomic mass is 9.95. The van der Waals surface area contributed by atoms with Crippen LogP contribution in [-0.2, 0) is 4.79 Å². The largest absolute Gasteiger partial charge is 0.480 e. The second-order valence-corrected chi connectivity index (χ2v) is 4.95. The summed E-state index contributed by atoms with van der Waals surface area (Å²) in [6, 6.07) is 0. The fraction of sp³-hybridized carbons (Fsp3) is 0.923. The summed E-state index contributed by atoms with van der Waals surface area (Å²) < 4.78 is 0. The van der Waals surface area contributed by atoms with Gasteiger partial charge in [-0.05, 0) is 13.3 Å². The van der Waals surface area contributed by atoms with Crippen LogP contribution in [0.2, 0.25) is 0 Å². The monoisotopic (exact) mass is 229 g/mol. The summed E-state index contributed by atoms with van der Waals surface area (Å²) >= 11 is 0. The van der Waals surface area contributed by atoms with E-state index >= 15 is 0 Å². The Morgan fingerprint density at radius 3 is 1.94 bits per heavy atom. The summed E-state index contributed by atoms with van der Waals surface area (Å²) in [5, 5.41) is 8.82. The van der Waals surface area contributed by atoms with E-state index in [4.69, 9.17) is 10.8 Å². The molecular weight excluding hydrogens is 202 g/mol. The highest BCUT2D eigenvalue weighted by Crippen LogP contribution is 2.14. The zero-order valence-electron chi connectivity index (χ0n) is 10.8. The topological polar surface area (TPSA) is 63.3 Å². The van der Waals surface area contributed by atoms with Crippen molar-refractivity contribution < 1.29 is 9.90 Å². The van der Waals surface area contributed by atoms with Crippen LogP contribution in [0, 0.1) is 0 Å². The third-order valence-corrected chi connectivity index (χ3v) is 3.04. The molecule has 0 bridgehead atoms. The van der Waals surface area contributed by atoms with Crippen LogP contribution in [0.25, 0.3) is 0 Å². The molecule has 0 fully saturated rings. The first kappa shape index (κ1) is 15.4. The molecule has 0 aromatic carbocycles. The van der Waals surface area contributed by atoms with E-state index in [-0.39, 0.29) is 0 Å². The lowest BCUT2D eigenvalue weighted by molar-refractivity contribution is -0.142. The molecule has 1 unspecified atom stereocenters. The maximum atomic E-state index is 10.7. The maximum absolute atomic E-state index is 10.7. The Morgan fingerprint density at radius 2 is 1.50 bits per heavy atom. The first-order chi connectivity index (χ1) is 7.50. The number of carboxylic acids is 1. The van der Waals surface area contributed by atoms with E-state index in [1.165, 1.54) is 38.5 Å². The van der Waals surface area contributed by atoms with Gasteiger partial charge >= 0.3 is 5.97 Å². The first-order valence-corrected chi connectivity index (χ1v) is 6.53. The van der Waals surface area contributed by atoms with Crippen LogP contribution in [0.15, 0.2) is 0 Å². The highest BCUT2D eigenvalue weighted by atomic mass is 16.4. The fourth-order valence-corrected chi connectivity index (χ4v) is 1.73. The van der Waals surface area contributed by atoms with E-state index in [9.17, 15) is 4.79 Å². The summed E-state index contributed by atoms with van der Waals surface area (Å²) in [7, 11) is 0. The summed E-state index contributed by atoms with van der Waals surface area (Å²) in [6.45, 7) is 3.81. The maximum Gasteiger partial charge on any atom is 0.323 e. The average Bonchev–Trinajstić information content (AvgIpc) is 2.21. The van der Waals surface area contributed by atoms with E-state index in [2.05, 4.69) is 6.92 Å². The minimum Gasteiger partial charge on any atom is -0.480 e. The van der Waals surface area contributed by atoms with Crippen LogP contribution < -0.4 is 5.73 Å². The zero-order valence-corrected chi connectivity index (χ0v) is 10.8. The van der Waals surface area contributed by atoms with Crippen LogP contribution in [0.4, 0.5) is 0 Å². The minimum atomic E-state index is -1.04. The molecule has 0 heterocycles. The van der Waals surface area contributed by atoms with Gasteiger partial charge in [0.2, 0.25) is 0 Å². The third kappa shape index (κ3) is 7.69. The van der Waals surface area contributed by atoms with Crippen molar-refractivity contribution in [2.45, 2.75) is 77.2 Å². The molecule has 0 radical (unpaired) electrons. The molecule has 1 atom stereocenters. The van der Waals surface area contributed by atoms with Crippen molar-refractivity contribution >= 4 is 5.97 Å². The van der Waals surface area contributed by atoms with Gasteiger partial charge in [-0.1, -0.05) is 58.3 Å². The second-order valence-electron chi connectivity index (χ2n) is 4.95. The highest BCUT2D eigenvalue weighted by molar-refractivity contribution is 5.77. The van der Waals surface area contributed by atoms with E-state index in [0.29, 0.717) is 6.42 Å². The number of hydrogen-bond acceptors (Lipinski definition) is 2. The van der Waals surface area contributed by atoms with Gasteiger partial charge in [-0.15, -0.1) is 0 Å². The predicted molar refractivity (Wildman–Crippen MR) is 67.5 cm³/mol. The van der Waals surface area contributed by atoms with E-state index in [1.54, 1.807) is 6.92 Å². The summed E-state index contributed by atoms with van der Waals surface area (Å²) in [5.74, 6) is -0.893.